The van der Waals surface area contributed by atoms with E-state index in [0.29, 0.717) is 11.5 Å². The number of hydrogen-bond donors (Lipinski definition) is 2. The Morgan fingerprint density at radius 3 is 2.52 bits per heavy atom. The molecule has 0 aliphatic heterocycles. The number of carbonyl (C=O) groups is 2. The first-order chi connectivity index (χ1) is 12.6. The number of hydrogen-bond acceptors (Lipinski definition) is 4. The summed E-state index contributed by atoms with van der Waals surface area (Å²) < 4.78 is 1.89. The maximum atomic E-state index is 12.9. The highest BCUT2D eigenvalue weighted by atomic mass is 16.2. The first-order valence-corrected chi connectivity index (χ1v) is 9.56. The summed E-state index contributed by atoms with van der Waals surface area (Å²) in [7, 11) is 0. The van der Waals surface area contributed by atoms with E-state index in [-0.39, 0.29) is 29.9 Å². The Balaban J connectivity index is 2.00. The molecule has 0 radical (unpaired) electrons. The molecular formula is C20H29N5O2. The van der Waals surface area contributed by atoms with Gasteiger partial charge in [0.15, 0.2) is 5.65 Å². The van der Waals surface area contributed by atoms with Gasteiger partial charge in [0.2, 0.25) is 5.91 Å². The summed E-state index contributed by atoms with van der Waals surface area (Å²) in [6.45, 7) is 11.8. The molecule has 1 aliphatic rings. The SMILES string of the molecule is Cc1nn(C(C)(C)C)c2nc(C3CC3)cc(C(=O)NCC(=O)NC(C)C)c12. The van der Waals surface area contributed by atoms with E-state index in [2.05, 4.69) is 36.5 Å². The van der Waals surface area contributed by atoms with Crippen LogP contribution >= 0.6 is 0 Å². The van der Waals surface area contributed by atoms with Crippen LogP contribution in [0.1, 0.15) is 75.1 Å². The second-order valence-electron chi connectivity index (χ2n) is 8.64. The van der Waals surface area contributed by atoms with Crippen LogP contribution in [-0.2, 0) is 10.3 Å². The summed E-state index contributed by atoms with van der Waals surface area (Å²) in [4.78, 5) is 29.6. The number of rotatable bonds is 5. The van der Waals surface area contributed by atoms with Gasteiger partial charge in [0.1, 0.15) is 0 Å². The van der Waals surface area contributed by atoms with Crippen molar-refractivity contribution in [1.29, 1.82) is 0 Å². The summed E-state index contributed by atoms with van der Waals surface area (Å²) in [5, 5.41) is 10.9. The molecule has 0 unspecified atom stereocenters. The van der Waals surface area contributed by atoms with E-state index in [1.807, 2.05) is 31.5 Å². The molecule has 2 aromatic rings. The molecule has 2 amide bonds. The molecule has 0 saturated heterocycles. The van der Waals surface area contributed by atoms with Gasteiger partial charge in [0, 0.05) is 17.7 Å². The molecule has 27 heavy (non-hydrogen) atoms. The monoisotopic (exact) mass is 371 g/mol. The molecule has 1 fully saturated rings. The fraction of sp³-hybridized carbons (Fsp3) is 0.600. The number of amides is 2. The fourth-order valence-corrected chi connectivity index (χ4v) is 3.17. The Hall–Kier alpha value is -2.44. The predicted molar refractivity (Wildman–Crippen MR) is 105 cm³/mol. The van der Waals surface area contributed by atoms with Crippen molar-refractivity contribution in [3.8, 4) is 0 Å². The lowest BCUT2D eigenvalue weighted by Gasteiger charge is -2.20. The second kappa shape index (κ2) is 6.94. The van der Waals surface area contributed by atoms with Gasteiger partial charge in [-0.05, 0) is 60.5 Å². The standard InChI is InChI=1S/C20H29N5O2/c1-11(2)22-16(26)10-21-19(27)14-9-15(13-7-8-13)23-18-17(14)12(3)24-25(18)20(4,5)6/h9,11,13H,7-8,10H2,1-6H3,(H,21,27)(H,22,26). The average molecular weight is 371 g/mol. The molecule has 2 aromatic heterocycles. The van der Waals surface area contributed by atoms with Gasteiger partial charge in [-0.1, -0.05) is 0 Å². The number of nitrogens with one attached hydrogen (secondary N) is 2. The third-order valence-electron chi connectivity index (χ3n) is 4.57. The molecule has 146 valence electrons. The Bertz CT molecular complexity index is 888. The van der Waals surface area contributed by atoms with Crippen LogP contribution in [0.25, 0.3) is 11.0 Å². The number of carbonyl (C=O) groups excluding carboxylic acids is 2. The Morgan fingerprint density at radius 1 is 1.30 bits per heavy atom. The van der Waals surface area contributed by atoms with Crippen LogP contribution in [0.5, 0.6) is 0 Å². The van der Waals surface area contributed by atoms with E-state index in [0.717, 1.165) is 35.3 Å². The minimum absolute atomic E-state index is 0.0377. The quantitative estimate of drug-likeness (QED) is 0.845. The van der Waals surface area contributed by atoms with E-state index >= 15 is 0 Å². The fourth-order valence-electron chi connectivity index (χ4n) is 3.17. The minimum atomic E-state index is -0.264. The summed E-state index contributed by atoms with van der Waals surface area (Å²) in [6, 6.07) is 1.91. The molecule has 0 aromatic carbocycles. The number of pyridine rings is 1. The third-order valence-corrected chi connectivity index (χ3v) is 4.57. The van der Waals surface area contributed by atoms with Gasteiger partial charge in [-0.15, -0.1) is 0 Å². The normalized spacial score (nSPS) is 14.6. The highest BCUT2D eigenvalue weighted by Crippen LogP contribution is 2.40. The largest absolute Gasteiger partial charge is 0.352 e. The summed E-state index contributed by atoms with van der Waals surface area (Å²) >= 11 is 0. The van der Waals surface area contributed by atoms with Crippen molar-refractivity contribution in [3.05, 3.63) is 23.0 Å². The van der Waals surface area contributed by atoms with E-state index in [4.69, 9.17) is 4.98 Å². The van der Waals surface area contributed by atoms with Crippen LogP contribution < -0.4 is 10.6 Å². The maximum Gasteiger partial charge on any atom is 0.252 e. The Kier molecular flexibility index (Phi) is 4.97. The van der Waals surface area contributed by atoms with Crippen LogP contribution in [0.3, 0.4) is 0 Å². The van der Waals surface area contributed by atoms with Crippen molar-refractivity contribution in [2.24, 2.45) is 0 Å². The van der Waals surface area contributed by atoms with Gasteiger partial charge in [-0.3, -0.25) is 9.59 Å². The van der Waals surface area contributed by atoms with Crippen LogP contribution in [0.2, 0.25) is 0 Å². The number of fused-ring (bicyclic) bond motifs is 1. The summed E-state index contributed by atoms with van der Waals surface area (Å²) in [5.41, 5.74) is 2.75. The number of aryl methyl sites for hydroxylation is 1. The zero-order valence-electron chi connectivity index (χ0n) is 17.0. The third kappa shape index (κ3) is 4.12. The van der Waals surface area contributed by atoms with Gasteiger partial charge in [-0.25, -0.2) is 9.67 Å². The molecule has 1 saturated carbocycles. The molecule has 0 atom stereocenters. The minimum Gasteiger partial charge on any atom is -0.352 e. The maximum absolute atomic E-state index is 12.9. The van der Waals surface area contributed by atoms with Crippen molar-refractivity contribution in [2.45, 2.75) is 71.9 Å². The van der Waals surface area contributed by atoms with Crippen molar-refractivity contribution >= 4 is 22.8 Å². The summed E-state index contributed by atoms with van der Waals surface area (Å²) in [6.07, 6.45) is 2.19. The van der Waals surface area contributed by atoms with Gasteiger partial charge in [-0.2, -0.15) is 5.10 Å². The van der Waals surface area contributed by atoms with E-state index in [9.17, 15) is 9.59 Å². The van der Waals surface area contributed by atoms with Crippen molar-refractivity contribution in [1.82, 2.24) is 25.4 Å². The lowest BCUT2D eigenvalue weighted by atomic mass is 10.1. The van der Waals surface area contributed by atoms with Gasteiger partial charge >= 0.3 is 0 Å². The van der Waals surface area contributed by atoms with Crippen molar-refractivity contribution in [2.75, 3.05) is 6.54 Å². The second-order valence-corrected chi connectivity index (χ2v) is 8.64. The lowest BCUT2D eigenvalue weighted by Crippen LogP contribution is -2.39. The predicted octanol–water partition coefficient (Wildman–Crippen LogP) is 2.63. The molecule has 0 spiro atoms. The number of nitrogens with zero attached hydrogens (tertiary/aromatic N) is 3. The topological polar surface area (TPSA) is 88.9 Å². The highest BCUT2D eigenvalue weighted by molar-refractivity contribution is 6.07. The van der Waals surface area contributed by atoms with E-state index in [1.54, 1.807) is 0 Å². The van der Waals surface area contributed by atoms with Gasteiger partial charge < -0.3 is 10.6 Å². The Morgan fingerprint density at radius 2 is 1.96 bits per heavy atom. The first kappa shape index (κ1) is 19.3. The van der Waals surface area contributed by atoms with Crippen molar-refractivity contribution < 1.29 is 9.59 Å². The molecule has 3 rings (SSSR count). The van der Waals surface area contributed by atoms with Gasteiger partial charge in [0.05, 0.1) is 28.7 Å². The smallest absolute Gasteiger partial charge is 0.252 e. The van der Waals surface area contributed by atoms with E-state index in [1.165, 1.54) is 0 Å². The Labute approximate surface area is 159 Å². The molecule has 1 aliphatic carbocycles. The summed E-state index contributed by atoms with van der Waals surface area (Å²) in [5.74, 6) is -0.0539. The highest BCUT2D eigenvalue weighted by Gasteiger charge is 2.30. The first-order valence-electron chi connectivity index (χ1n) is 9.56. The lowest BCUT2D eigenvalue weighted by molar-refractivity contribution is -0.120. The molecule has 2 N–H and O–H groups in total. The number of aromatic nitrogens is 3. The zero-order chi connectivity index (χ0) is 19.9. The molecule has 0 bridgehead atoms. The molecular weight excluding hydrogens is 342 g/mol. The van der Waals surface area contributed by atoms with Crippen LogP contribution in [-0.4, -0.2) is 39.2 Å². The molecule has 7 heteroatoms. The van der Waals surface area contributed by atoms with Gasteiger partial charge in [0.25, 0.3) is 5.91 Å². The van der Waals surface area contributed by atoms with Crippen LogP contribution in [0.15, 0.2) is 6.07 Å². The average Bonchev–Trinajstić information content (AvgIpc) is 3.34. The van der Waals surface area contributed by atoms with E-state index < -0.39 is 0 Å². The van der Waals surface area contributed by atoms with Crippen LogP contribution in [0, 0.1) is 6.92 Å². The molecule has 7 nitrogen and oxygen atoms in total. The van der Waals surface area contributed by atoms with Crippen molar-refractivity contribution in [3.63, 3.8) is 0 Å². The zero-order valence-corrected chi connectivity index (χ0v) is 17.0. The van der Waals surface area contributed by atoms with Crippen LogP contribution in [0.4, 0.5) is 0 Å². The molecule has 2 heterocycles.